The molecule has 17 heavy (non-hydrogen) atoms. The first kappa shape index (κ1) is 13.5. The van der Waals surface area contributed by atoms with Gasteiger partial charge < -0.3 is 9.84 Å². The molecule has 1 amide bonds. The van der Waals surface area contributed by atoms with Crippen molar-refractivity contribution in [2.24, 2.45) is 5.92 Å². The monoisotopic (exact) mass is 243 g/mol. The van der Waals surface area contributed by atoms with Gasteiger partial charge in [-0.05, 0) is 20.8 Å². The predicted octanol–water partition coefficient (Wildman–Crippen LogP) is 0.896. The van der Waals surface area contributed by atoms with Crippen molar-refractivity contribution in [1.29, 1.82) is 0 Å². The summed E-state index contributed by atoms with van der Waals surface area (Å²) in [7, 11) is 0. The zero-order valence-electron chi connectivity index (χ0n) is 10.4. The topological polar surface area (TPSA) is 83.9 Å². The van der Waals surface area contributed by atoms with Crippen LogP contribution in [0.25, 0.3) is 0 Å². The lowest BCUT2D eigenvalue weighted by molar-refractivity contribution is -0.143. The molecule has 0 aromatic heterocycles. The standard InChI is InChI=1S/C11H17NO5/c1-6-7(13)5-12(8(6)9(14)15)10(16)17-11(2,3)4/h6,8H,5H2,1-4H3,(H,14,15)/t6?,8-/m0/s1. The third kappa shape index (κ3) is 2.95. The Labute approximate surface area is 99.5 Å². The van der Waals surface area contributed by atoms with Gasteiger partial charge in [0.25, 0.3) is 0 Å². The van der Waals surface area contributed by atoms with Crippen molar-refractivity contribution in [3.05, 3.63) is 0 Å². The molecule has 96 valence electrons. The molecule has 1 unspecified atom stereocenters. The van der Waals surface area contributed by atoms with Gasteiger partial charge in [-0.25, -0.2) is 9.59 Å². The van der Waals surface area contributed by atoms with E-state index in [4.69, 9.17) is 9.84 Å². The van der Waals surface area contributed by atoms with Crippen molar-refractivity contribution >= 4 is 17.8 Å². The van der Waals surface area contributed by atoms with Crippen LogP contribution in [0.2, 0.25) is 0 Å². The Morgan fingerprint density at radius 1 is 1.41 bits per heavy atom. The maximum absolute atomic E-state index is 11.8. The van der Waals surface area contributed by atoms with Crippen molar-refractivity contribution in [2.45, 2.75) is 39.3 Å². The molecular weight excluding hydrogens is 226 g/mol. The van der Waals surface area contributed by atoms with E-state index in [1.165, 1.54) is 6.92 Å². The van der Waals surface area contributed by atoms with E-state index in [9.17, 15) is 14.4 Å². The van der Waals surface area contributed by atoms with Gasteiger partial charge in [0.1, 0.15) is 11.6 Å². The van der Waals surface area contributed by atoms with Crippen LogP contribution < -0.4 is 0 Å². The molecule has 0 bridgehead atoms. The van der Waals surface area contributed by atoms with Crippen molar-refractivity contribution < 1.29 is 24.2 Å². The molecule has 6 heteroatoms. The lowest BCUT2D eigenvalue weighted by Gasteiger charge is -2.26. The summed E-state index contributed by atoms with van der Waals surface area (Å²) in [5.41, 5.74) is -0.713. The minimum absolute atomic E-state index is 0.201. The Morgan fingerprint density at radius 3 is 2.35 bits per heavy atom. The molecular formula is C11H17NO5. The SMILES string of the molecule is CC1C(=O)CN(C(=O)OC(C)(C)C)[C@@H]1C(=O)O. The number of carboxylic acids is 1. The fraction of sp³-hybridized carbons (Fsp3) is 0.727. The first-order valence-electron chi connectivity index (χ1n) is 5.38. The molecule has 0 saturated carbocycles. The first-order chi connectivity index (χ1) is 7.63. The average Bonchev–Trinajstić information content (AvgIpc) is 2.40. The number of ether oxygens (including phenoxy) is 1. The van der Waals surface area contributed by atoms with Gasteiger partial charge >= 0.3 is 12.1 Å². The third-order valence-electron chi connectivity index (χ3n) is 2.52. The first-order valence-corrected chi connectivity index (χ1v) is 5.38. The number of Topliss-reactive ketones (excluding diaryl/α,β-unsaturated/α-hetero) is 1. The summed E-state index contributed by atoms with van der Waals surface area (Å²) in [4.78, 5) is 35.2. The molecule has 6 nitrogen and oxygen atoms in total. The molecule has 1 N–H and O–H groups in total. The summed E-state index contributed by atoms with van der Waals surface area (Å²) in [6.07, 6.45) is -0.761. The number of amides is 1. The summed E-state index contributed by atoms with van der Waals surface area (Å²) in [5, 5.41) is 9.02. The van der Waals surface area contributed by atoms with Gasteiger partial charge in [0.2, 0.25) is 0 Å². The van der Waals surface area contributed by atoms with Gasteiger partial charge in [-0.3, -0.25) is 9.69 Å². The number of rotatable bonds is 1. The van der Waals surface area contributed by atoms with Gasteiger partial charge in [0, 0.05) is 5.92 Å². The van der Waals surface area contributed by atoms with Crippen LogP contribution in [0.3, 0.4) is 0 Å². The van der Waals surface area contributed by atoms with Crippen molar-refractivity contribution in [1.82, 2.24) is 4.90 Å². The zero-order chi connectivity index (χ0) is 13.4. The molecule has 1 fully saturated rings. The highest BCUT2D eigenvalue weighted by Crippen LogP contribution is 2.23. The van der Waals surface area contributed by atoms with Crippen molar-refractivity contribution in [3.8, 4) is 0 Å². The fourth-order valence-corrected chi connectivity index (χ4v) is 1.70. The van der Waals surface area contributed by atoms with Gasteiger partial charge in [0.05, 0.1) is 6.54 Å². The smallest absolute Gasteiger partial charge is 0.411 e. The van der Waals surface area contributed by atoms with E-state index >= 15 is 0 Å². The summed E-state index contributed by atoms with van der Waals surface area (Å²) in [5.74, 6) is -2.14. The Hall–Kier alpha value is -1.59. The number of hydrogen-bond acceptors (Lipinski definition) is 4. The quantitative estimate of drug-likeness (QED) is 0.739. The lowest BCUT2D eigenvalue weighted by Crippen LogP contribution is -2.45. The minimum atomic E-state index is -1.19. The third-order valence-corrected chi connectivity index (χ3v) is 2.52. The van der Waals surface area contributed by atoms with E-state index in [0.29, 0.717) is 0 Å². The molecule has 0 radical (unpaired) electrons. The molecule has 1 aliphatic heterocycles. The summed E-state index contributed by atoms with van der Waals surface area (Å²) < 4.78 is 5.07. The van der Waals surface area contributed by atoms with Gasteiger partial charge in [-0.1, -0.05) is 6.92 Å². The Kier molecular flexibility index (Phi) is 3.45. The Morgan fingerprint density at radius 2 is 1.94 bits per heavy atom. The minimum Gasteiger partial charge on any atom is -0.480 e. The van der Waals surface area contributed by atoms with Crippen LogP contribution in [-0.4, -0.2) is 46.0 Å². The second-order valence-corrected chi connectivity index (χ2v) is 5.15. The fourth-order valence-electron chi connectivity index (χ4n) is 1.70. The van der Waals surface area contributed by atoms with Crippen LogP contribution in [0, 0.1) is 5.92 Å². The number of carbonyl (C=O) groups is 3. The summed E-state index contributed by atoms with van der Waals surface area (Å²) >= 11 is 0. The number of likely N-dealkylation sites (tertiary alicyclic amines) is 1. The predicted molar refractivity (Wildman–Crippen MR) is 58.5 cm³/mol. The van der Waals surface area contributed by atoms with Crippen LogP contribution in [-0.2, 0) is 14.3 Å². The number of hydrogen-bond donors (Lipinski definition) is 1. The van der Waals surface area contributed by atoms with Crippen LogP contribution in [0.4, 0.5) is 4.79 Å². The number of nitrogens with zero attached hydrogens (tertiary/aromatic N) is 1. The molecule has 1 saturated heterocycles. The Balaban J connectivity index is 2.86. The Bertz CT molecular complexity index is 357. The van der Waals surface area contributed by atoms with Crippen molar-refractivity contribution in [2.75, 3.05) is 6.54 Å². The van der Waals surface area contributed by atoms with E-state index < -0.39 is 29.6 Å². The average molecular weight is 243 g/mol. The normalized spacial score (nSPS) is 24.9. The van der Waals surface area contributed by atoms with Gasteiger partial charge in [-0.15, -0.1) is 0 Å². The number of ketones is 1. The zero-order valence-corrected chi connectivity index (χ0v) is 10.4. The maximum atomic E-state index is 11.8. The second-order valence-electron chi connectivity index (χ2n) is 5.15. The van der Waals surface area contributed by atoms with Crippen LogP contribution in [0.5, 0.6) is 0 Å². The highest BCUT2D eigenvalue weighted by molar-refractivity contribution is 5.96. The largest absolute Gasteiger partial charge is 0.480 e. The molecule has 0 spiro atoms. The second kappa shape index (κ2) is 4.35. The van der Waals surface area contributed by atoms with E-state index in [-0.39, 0.29) is 12.3 Å². The van der Waals surface area contributed by atoms with E-state index in [1.54, 1.807) is 20.8 Å². The summed E-state index contributed by atoms with van der Waals surface area (Å²) in [6.45, 7) is 6.35. The number of aliphatic carboxylic acids is 1. The van der Waals surface area contributed by atoms with Gasteiger partial charge in [-0.2, -0.15) is 0 Å². The van der Waals surface area contributed by atoms with Gasteiger partial charge in [0.15, 0.2) is 5.78 Å². The van der Waals surface area contributed by atoms with Crippen LogP contribution >= 0.6 is 0 Å². The van der Waals surface area contributed by atoms with Crippen LogP contribution in [0.1, 0.15) is 27.7 Å². The molecule has 1 heterocycles. The molecule has 2 atom stereocenters. The molecule has 1 aliphatic rings. The van der Waals surface area contributed by atoms with E-state index in [2.05, 4.69) is 0 Å². The highest BCUT2D eigenvalue weighted by atomic mass is 16.6. The number of carbonyl (C=O) groups excluding carboxylic acids is 2. The summed E-state index contributed by atoms with van der Waals surface area (Å²) in [6, 6.07) is -1.13. The maximum Gasteiger partial charge on any atom is 0.411 e. The highest BCUT2D eigenvalue weighted by Gasteiger charge is 2.46. The molecule has 1 rings (SSSR count). The van der Waals surface area contributed by atoms with Crippen molar-refractivity contribution in [3.63, 3.8) is 0 Å². The van der Waals surface area contributed by atoms with Crippen LogP contribution in [0.15, 0.2) is 0 Å². The molecule has 0 aromatic rings. The lowest BCUT2D eigenvalue weighted by atomic mass is 10.0. The molecule has 0 aromatic carbocycles. The molecule has 0 aliphatic carbocycles. The van der Waals surface area contributed by atoms with E-state index in [1.807, 2.05) is 0 Å². The van der Waals surface area contributed by atoms with E-state index in [0.717, 1.165) is 4.90 Å². The number of carboxylic acid groups (broad SMARTS) is 1.